The number of amides is 2. The quantitative estimate of drug-likeness (QED) is 0.399. The Hall–Kier alpha value is -2.32. The number of nitrogens with two attached hydrogens (primary N) is 3. The predicted molar refractivity (Wildman–Crippen MR) is 77.2 cm³/mol. The maximum atomic E-state index is 10.9. The van der Waals surface area contributed by atoms with E-state index in [1.54, 1.807) is 24.3 Å². The molecule has 21 heavy (non-hydrogen) atoms. The summed E-state index contributed by atoms with van der Waals surface area (Å²) in [6.07, 6.45) is -0.912. The van der Waals surface area contributed by atoms with Crippen LogP contribution in [0.15, 0.2) is 24.3 Å². The van der Waals surface area contributed by atoms with Gasteiger partial charge in [-0.2, -0.15) is 0 Å². The van der Waals surface area contributed by atoms with Gasteiger partial charge in [0.2, 0.25) is 11.8 Å². The molecule has 116 valence electrons. The van der Waals surface area contributed by atoms with E-state index >= 15 is 0 Å². The van der Waals surface area contributed by atoms with E-state index < -0.39 is 17.9 Å². The standard InChI is InChI=1S/C13H20N4O4/c14-9-2-1-3-11(4-9)21-8-10(18)5-17(6-12(15)19)7-13(16)20/h1-4,10,18H,5-8,14H2,(H2,15,19)(H2,16,20). The molecule has 1 atom stereocenters. The van der Waals surface area contributed by atoms with E-state index in [4.69, 9.17) is 21.9 Å². The zero-order valence-electron chi connectivity index (χ0n) is 11.6. The van der Waals surface area contributed by atoms with Crippen LogP contribution in [0, 0.1) is 0 Å². The Labute approximate surface area is 122 Å². The molecule has 0 spiro atoms. The van der Waals surface area contributed by atoms with Gasteiger partial charge >= 0.3 is 0 Å². The van der Waals surface area contributed by atoms with Crippen LogP contribution in [0.2, 0.25) is 0 Å². The molecule has 0 bridgehead atoms. The van der Waals surface area contributed by atoms with Crippen molar-refractivity contribution in [1.82, 2.24) is 4.90 Å². The number of hydrogen-bond acceptors (Lipinski definition) is 6. The molecule has 0 saturated heterocycles. The highest BCUT2D eigenvalue weighted by Crippen LogP contribution is 2.14. The maximum Gasteiger partial charge on any atom is 0.231 e. The molecule has 0 fully saturated rings. The number of aliphatic hydroxyl groups is 1. The molecule has 7 N–H and O–H groups in total. The third-order valence-electron chi connectivity index (χ3n) is 2.53. The third-order valence-corrected chi connectivity index (χ3v) is 2.53. The number of aliphatic hydroxyl groups excluding tert-OH is 1. The molecule has 8 heteroatoms. The first kappa shape index (κ1) is 16.7. The lowest BCUT2D eigenvalue weighted by Gasteiger charge is -2.22. The van der Waals surface area contributed by atoms with Crippen molar-refractivity contribution < 1.29 is 19.4 Å². The Balaban J connectivity index is 2.47. The predicted octanol–water partition coefficient (Wildman–Crippen LogP) is -1.72. The van der Waals surface area contributed by atoms with E-state index in [1.807, 2.05) is 0 Å². The van der Waals surface area contributed by atoms with E-state index in [1.165, 1.54) is 4.90 Å². The van der Waals surface area contributed by atoms with Crippen LogP contribution in [-0.4, -0.2) is 54.2 Å². The van der Waals surface area contributed by atoms with Gasteiger partial charge in [-0.3, -0.25) is 14.5 Å². The second-order valence-corrected chi connectivity index (χ2v) is 4.64. The first-order valence-electron chi connectivity index (χ1n) is 6.32. The number of anilines is 1. The summed E-state index contributed by atoms with van der Waals surface area (Å²) in [6.45, 7) is -0.317. The van der Waals surface area contributed by atoms with Crippen molar-refractivity contribution in [2.75, 3.05) is 32.0 Å². The summed E-state index contributed by atoms with van der Waals surface area (Å²) in [4.78, 5) is 23.1. The molecule has 1 rings (SSSR count). The zero-order valence-corrected chi connectivity index (χ0v) is 11.6. The van der Waals surface area contributed by atoms with Crippen molar-refractivity contribution in [3.63, 3.8) is 0 Å². The van der Waals surface area contributed by atoms with Gasteiger partial charge in [0.25, 0.3) is 0 Å². The summed E-state index contributed by atoms with van der Waals surface area (Å²) in [7, 11) is 0. The molecule has 8 nitrogen and oxygen atoms in total. The Kier molecular flexibility index (Phi) is 6.44. The lowest BCUT2D eigenvalue weighted by atomic mass is 10.3. The molecule has 0 radical (unpaired) electrons. The number of nitrogen functional groups attached to an aromatic ring is 1. The number of rotatable bonds is 9. The van der Waals surface area contributed by atoms with Gasteiger partial charge in [0, 0.05) is 18.3 Å². The summed E-state index contributed by atoms with van der Waals surface area (Å²) < 4.78 is 5.37. The highest BCUT2D eigenvalue weighted by molar-refractivity contribution is 5.79. The van der Waals surface area contributed by atoms with Crippen LogP contribution in [0.1, 0.15) is 0 Å². The van der Waals surface area contributed by atoms with E-state index in [2.05, 4.69) is 0 Å². The molecule has 0 aliphatic heterocycles. The van der Waals surface area contributed by atoms with Crippen molar-refractivity contribution in [3.8, 4) is 5.75 Å². The SMILES string of the molecule is NC(=O)CN(CC(N)=O)CC(O)COc1cccc(N)c1. The van der Waals surface area contributed by atoms with E-state index in [0.717, 1.165) is 0 Å². The summed E-state index contributed by atoms with van der Waals surface area (Å²) in [5, 5.41) is 9.87. The van der Waals surface area contributed by atoms with Crippen LogP contribution >= 0.6 is 0 Å². The van der Waals surface area contributed by atoms with Gasteiger partial charge in [0.05, 0.1) is 13.1 Å². The molecule has 1 aromatic carbocycles. The number of nitrogens with zero attached hydrogens (tertiary/aromatic N) is 1. The van der Waals surface area contributed by atoms with E-state index in [9.17, 15) is 14.7 Å². The average Bonchev–Trinajstić information content (AvgIpc) is 2.34. The molecule has 0 aliphatic carbocycles. The van der Waals surface area contributed by atoms with Crippen molar-refractivity contribution >= 4 is 17.5 Å². The summed E-state index contributed by atoms with van der Waals surface area (Å²) in [5.41, 5.74) is 16.3. The van der Waals surface area contributed by atoms with Crippen LogP contribution in [0.25, 0.3) is 0 Å². The fourth-order valence-electron chi connectivity index (χ4n) is 1.77. The van der Waals surface area contributed by atoms with Gasteiger partial charge in [0.1, 0.15) is 18.5 Å². The van der Waals surface area contributed by atoms with Crippen LogP contribution in [0.5, 0.6) is 5.75 Å². The monoisotopic (exact) mass is 296 g/mol. The van der Waals surface area contributed by atoms with Crippen LogP contribution in [0.3, 0.4) is 0 Å². The Morgan fingerprint density at radius 2 is 1.86 bits per heavy atom. The van der Waals surface area contributed by atoms with Gasteiger partial charge in [-0.15, -0.1) is 0 Å². The summed E-state index contributed by atoms with van der Waals surface area (Å²) in [5.74, 6) is -0.703. The van der Waals surface area contributed by atoms with E-state index in [-0.39, 0.29) is 26.2 Å². The van der Waals surface area contributed by atoms with E-state index in [0.29, 0.717) is 11.4 Å². The number of primary amides is 2. The van der Waals surface area contributed by atoms with Crippen molar-refractivity contribution in [3.05, 3.63) is 24.3 Å². The zero-order chi connectivity index (χ0) is 15.8. The van der Waals surface area contributed by atoms with Crippen LogP contribution in [0.4, 0.5) is 5.69 Å². The second-order valence-electron chi connectivity index (χ2n) is 4.64. The fourth-order valence-corrected chi connectivity index (χ4v) is 1.77. The molecule has 0 aromatic heterocycles. The molecule has 0 saturated carbocycles. The lowest BCUT2D eigenvalue weighted by molar-refractivity contribution is -0.122. The minimum atomic E-state index is -0.912. The molecular weight excluding hydrogens is 276 g/mol. The molecule has 0 heterocycles. The number of carbonyl (C=O) groups is 2. The number of hydrogen-bond donors (Lipinski definition) is 4. The molecule has 1 aromatic rings. The largest absolute Gasteiger partial charge is 0.491 e. The Morgan fingerprint density at radius 3 is 2.38 bits per heavy atom. The smallest absolute Gasteiger partial charge is 0.231 e. The Bertz CT molecular complexity index is 479. The fraction of sp³-hybridized carbons (Fsp3) is 0.385. The van der Waals surface area contributed by atoms with Crippen molar-refractivity contribution in [1.29, 1.82) is 0 Å². The van der Waals surface area contributed by atoms with Gasteiger partial charge in [-0.1, -0.05) is 6.07 Å². The van der Waals surface area contributed by atoms with Crippen molar-refractivity contribution in [2.24, 2.45) is 11.5 Å². The van der Waals surface area contributed by atoms with Crippen LogP contribution < -0.4 is 21.9 Å². The second kappa shape index (κ2) is 8.08. The maximum absolute atomic E-state index is 10.9. The third kappa shape index (κ3) is 7.14. The Morgan fingerprint density at radius 1 is 1.24 bits per heavy atom. The highest BCUT2D eigenvalue weighted by Gasteiger charge is 2.16. The molecule has 0 aliphatic rings. The number of benzene rings is 1. The molecule has 2 amide bonds. The topological polar surface area (TPSA) is 145 Å². The number of carbonyl (C=O) groups excluding carboxylic acids is 2. The normalized spacial score (nSPS) is 12.1. The van der Waals surface area contributed by atoms with Gasteiger partial charge < -0.3 is 27.0 Å². The highest BCUT2D eigenvalue weighted by atomic mass is 16.5. The first-order chi connectivity index (χ1) is 9.86. The van der Waals surface area contributed by atoms with Gasteiger partial charge in [-0.05, 0) is 12.1 Å². The van der Waals surface area contributed by atoms with Gasteiger partial charge in [-0.25, -0.2) is 0 Å². The number of ether oxygens (including phenoxy) is 1. The molecule has 1 unspecified atom stereocenters. The minimum Gasteiger partial charge on any atom is -0.491 e. The molecular formula is C13H20N4O4. The first-order valence-corrected chi connectivity index (χ1v) is 6.32. The van der Waals surface area contributed by atoms with Crippen molar-refractivity contribution in [2.45, 2.75) is 6.10 Å². The van der Waals surface area contributed by atoms with Gasteiger partial charge in [0.15, 0.2) is 0 Å². The summed E-state index contributed by atoms with van der Waals surface area (Å²) >= 11 is 0. The average molecular weight is 296 g/mol. The lowest BCUT2D eigenvalue weighted by Crippen LogP contribution is -2.44. The minimum absolute atomic E-state index is 0.0164. The summed E-state index contributed by atoms with van der Waals surface area (Å²) in [6, 6.07) is 6.76. The van der Waals surface area contributed by atoms with Crippen LogP contribution in [-0.2, 0) is 9.59 Å².